The smallest absolute Gasteiger partial charge is 0.297 e. The maximum absolute atomic E-state index is 13.1. The van der Waals surface area contributed by atoms with Gasteiger partial charge in [0.2, 0.25) is 6.41 Å². The molecule has 10 heteroatoms. The van der Waals surface area contributed by atoms with Crippen LogP contribution in [0.5, 0.6) is 0 Å². The highest BCUT2D eigenvalue weighted by atomic mass is 35.5. The molecule has 0 aliphatic heterocycles. The van der Waals surface area contributed by atoms with E-state index >= 15 is 0 Å². The zero-order chi connectivity index (χ0) is 29.4. The highest BCUT2D eigenvalue weighted by Gasteiger charge is 2.32. The predicted molar refractivity (Wildman–Crippen MR) is 156 cm³/mol. The number of hydrogen-bond donors (Lipinski definition) is 0. The van der Waals surface area contributed by atoms with E-state index in [1.165, 1.54) is 10.6 Å². The van der Waals surface area contributed by atoms with Crippen molar-refractivity contribution in [3.05, 3.63) is 93.7 Å². The summed E-state index contributed by atoms with van der Waals surface area (Å²) < 4.78 is 40.8. The van der Waals surface area contributed by atoms with E-state index < -0.39 is 11.7 Å². The summed E-state index contributed by atoms with van der Waals surface area (Å²) in [6.07, 6.45) is 1.03. The van der Waals surface area contributed by atoms with E-state index in [9.17, 15) is 18.0 Å². The third kappa shape index (κ3) is 7.64. The van der Waals surface area contributed by atoms with Gasteiger partial charge in [-0.3, -0.25) is 14.4 Å². The van der Waals surface area contributed by atoms with Gasteiger partial charge in [-0.25, -0.2) is 4.98 Å². The molecule has 2 aromatic carbocycles. The molecule has 4 rings (SSSR count). The van der Waals surface area contributed by atoms with Gasteiger partial charge in [0, 0.05) is 29.2 Å². The minimum absolute atomic E-state index is 0.165. The molecule has 0 N–H and O–H groups in total. The van der Waals surface area contributed by atoms with Crippen LogP contribution in [0.15, 0.2) is 77.4 Å². The van der Waals surface area contributed by atoms with Crippen molar-refractivity contribution in [1.82, 2.24) is 14.6 Å². The second kappa shape index (κ2) is 13.8. The van der Waals surface area contributed by atoms with Crippen molar-refractivity contribution in [2.24, 2.45) is 11.0 Å². The zero-order valence-corrected chi connectivity index (χ0v) is 24.2. The Morgan fingerprint density at radius 1 is 1.05 bits per heavy atom. The molecule has 212 valence electrons. The van der Waals surface area contributed by atoms with Crippen molar-refractivity contribution in [1.29, 1.82) is 0 Å². The lowest BCUT2D eigenvalue weighted by Gasteiger charge is -2.21. The van der Waals surface area contributed by atoms with Gasteiger partial charge in [0.1, 0.15) is 5.82 Å². The molecule has 1 aliphatic rings. The molecule has 0 bridgehead atoms. The molecule has 5 nitrogen and oxygen atoms in total. The maximum atomic E-state index is 13.1. The van der Waals surface area contributed by atoms with Crippen LogP contribution >= 0.6 is 23.2 Å². The molecule has 1 aliphatic carbocycles. The molecule has 0 saturated heterocycles. The molecule has 40 heavy (non-hydrogen) atoms. The molecule has 0 fully saturated rings. The number of alkyl halides is 3. The standard InChI is InChI=1S/C28H25Cl2F3N4O.C2H6/c1-18-34-26(21-9-14-24(30)15-10-21)25(20-7-12-23(29)13-8-20)27(37(18)17-38)35-36(2)16-19-4-3-5-22(11-6-19)28(31,32)33;1-2/h5-15,17,19H,3-4,16H2,1-2H3;1-2H3/b35-27-;. The summed E-state index contributed by atoms with van der Waals surface area (Å²) in [6.45, 7) is 6.06. The quantitative estimate of drug-likeness (QED) is 0.215. The van der Waals surface area contributed by atoms with Gasteiger partial charge in [0.15, 0.2) is 5.49 Å². The number of aryl methyl sites for hydroxylation is 1. The van der Waals surface area contributed by atoms with Gasteiger partial charge in [-0.1, -0.05) is 79.5 Å². The number of carbonyl (C=O) groups excluding carboxylic acids is 1. The van der Waals surface area contributed by atoms with Gasteiger partial charge in [-0.2, -0.15) is 18.3 Å². The van der Waals surface area contributed by atoms with E-state index in [-0.39, 0.29) is 5.92 Å². The summed E-state index contributed by atoms with van der Waals surface area (Å²) in [5.74, 6) is 0.255. The molecule has 3 aromatic rings. The third-order valence-electron chi connectivity index (χ3n) is 6.21. The van der Waals surface area contributed by atoms with Crippen LogP contribution < -0.4 is 5.49 Å². The second-order valence-electron chi connectivity index (χ2n) is 8.99. The van der Waals surface area contributed by atoms with E-state index in [4.69, 9.17) is 33.3 Å². The minimum atomic E-state index is -4.38. The first kappa shape index (κ1) is 31.2. The van der Waals surface area contributed by atoms with E-state index in [1.54, 1.807) is 49.3 Å². The third-order valence-corrected chi connectivity index (χ3v) is 6.71. The number of aromatic nitrogens is 2. The number of allylic oxidation sites excluding steroid dienone is 3. The summed E-state index contributed by atoms with van der Waals surface area (Å²) in [5, 5.41) is 7.54. The highest BCUT2D eigenvalue weighted by molar-refractivity contribution is 6.31. The summed E-state index contributed by atoms with van der Waals surface area (Å²) in [4.78, 5) is 16.9. The first-order valence-electron chi connectivity index (χ1n) is 12.9. The van der Waals surface area contributed by atoms with Gasteiger partial charge in [0.05, 0.1) is 16.8 Å². The fraction of sp³-hybridized carbons (Fsp3) is 0.300. The normalized spacial score (nSPS) is 15.6. The lowest BCUT2D eigenvalue weighted by Crippen LogP contribution is -2.32. The molecule has 1 aromatic heterocycles. The lowest BCUT2D eigenvalue weighted by atomic mass is 10.00. The Kier molecular flexibility index (Phi) is 10.8. The first-order valence-corrected chi connectivity index (χ1v) is 13.6. The fourth-order valence-corrected chi connectivity index (χ4v) is 4.59. The van der Waals surface area contributed by atoms with Gasteiger partial charge in [0.25, 0.3) is 0 Å². The van der Waals surface area contributed by atoms with Crippen molar-refractivity contribution in [2.45, 2.75) is 39.8 Å². The average molecular weight is 592 g/mol. The summed E-state index contributed by atoms with van der Waals surface area (Å²) in [6, 6.07) is 14.3. The number of halogens is 5. The van der Waals surface area contributed by atoms with Crippen molar-refractivity contribution >= 4 is 29.6 Å². The molecule has 0 spiro atoms. The van der Waals surface area contributed by atoms with E-state index in [2.05, 4.69) is 0 Å². The first-order chi connectivity index (χ1) is 19.1. The van der Waals surface area contributed by atoms with Crippen LogP contribution in [0.25, 0.3) is 22.4 Å². The van der Waals surface area contributed by atoms with Crippen LogP contribution in [0.4, 0.5) is 13.2 Å². The minimum Gasteiger partial charge on any atom is -0.297 e. The van der Waals surface area contributed by atoms with E-state index in [1.807, 2.05) is 38.1 Å². The molecule has 1 unspecified atom stereocenters. The molecule has 0 radical (unpaired) electrons. The number of rotatable bonds is 6. The maximum Gasteiger partial charge on any atom is 0.416 e. The van der Waals surface area contributed by atoms with Gasteiger partial charge in [-0.15, -0.1) is 0 Å². The highest BCUT2D eigenvalue weighted by Crippen LogP contribution is 2.31. The molecule has 0 saturated carbocycles. The summed E-state index contributed by atoms with van der Waals surface area (Å²) >= 11 is 12.2. The monoisotopic (exact) mass is 590 g/mol. The molecular formula is C30H31Cl2F3N4O. The molecule has 1 heterocycles. The van der Waals surface area contributed by atoms with E-state index in [0.717, 1.165) is 17.2 Å². The summed E-state index contributed by atoms with van der Waals surface area (Å²) in [7, 11) is 1.73. The van der Waals surface area contributed by atoms with Crippen LogP contribution in [0.2, 0.25) is 10.0 Å². The van der Waals surface area contributed by atoms with Crippen molar-refractivity contribution < 1.29 is 18.0 Å². The Bertz CT molecular complexity index is 1440. The Hall–Kier alpha value is -3.36. The van der Waals surface area contributed by atoms with E-state index in [0.29, 0.717) is 58.4 Å². The fourth-order valence-electron chi connectivity index (χ4n) is 4.34. The lowest BCUT2D eigenvalue weighted by molar-refractivity contribution is -0.0883. The Morgan fingerprint density at radius 3 is 2.17 bits per heavy atom. The second-order valence-corrected chi connectivity index (χ2v) is 9.86. The predicted octanol–water partition coefficient (Wildman–Crippen LogP) is 8.10. The SMILES string of the molecule is CC.Cc1nc(-c2ccc(Cl)cc2)c(-c2ccc(Cl)cc2)/c(=N/N(C)CC2C=CC(C(F)(F)F)=CCC2)n1C=O. The molecular weight excluding hydrogens is 560 g/mol. The summed E-state index contributed by atoms with van der Waals surface area (Å²) in [5.41, 5.74) is 2.42. The Morgan fingerprint density at radius 2 is 1.62 bits per heavy atom. The zero-order valence-electron chi connectivity index (χ0n) is 22.7. The number of hydrogen-bond acceptors (Lipinski definition) is 4. The largest absolute Gasteiger partial charge is 0.416 e. The van der Waals surface area contributed by atoms with Crippen LogP contribution in [-0.2, 0) is 4.79 Å². The van der Waals surface area contributed by atoms with Crippen LogP contribution in [0, 0.1) is 12.8 Å². The van der Waals surface area contributed by atoms with Crippen molar-refractivity contribution in [3.63, 3.8) is 0 Å². The van der Waals surface area contributed by atoms with Crippen molar-refractivity contribution in [3.8, 4) is 22.4 Å². The molecule has 1 atom stereocenters. The van der Waals surface area contributed by atoms with Crippen molar-refractivity contribution in [2.75, 3.05) is 13.6 Å². The Balaban J connectivity index is 0.00000216. The van der Waals surface area contributed by atoms with Crippen LogP contribution in [-0.4, -0.2) is 40.7 Å². The number of carbonyl (C=O) groups is 1. The Labute approximate surface area is 242 Å². The van der Waals surface area contributed by atoms with Gasteiger partial charge in [-0.05, 0) is 55.5 Å². The number of nitrogens with zero attached hydrogens (tertiary/aromatic N) is 4. The van der Waals surface area contributed by atoms with Crippen LogP contribution in [0.1, 0.15) is 32.5 Å². The van der Waals surface area contributed by atoms with Crippen LogP contribution in [0.3, 0.4) is 0 Å². The number of benzene rings is 2. The van der Waals surface area contributed by atoms with Gasteiger partial charge >= 0.3 is 6.18 Å². The average Bonchev–Trinajstić information content (AvgIpc) is 3.17. The topological polar surface area (TPSA) is 50.5 Å². The molecule has 0 amide bonds. The van der Waals surface area contributed by atoms with Gasteiger partial charge < -0.3 is 0 Å².